The lowest BCUT2D eigenvalue weighted by Crippen LogP contribution is -2.18. The third-order valence-corrected chi connectivity index (χ3v) is 5.94. The number of alkyl halides is 2. The molecular formula is C29H27F2NO4. The van der Waals surface area contributed by atoms with E-state index >= 15 is 0 Å². The Morgan fingerprint density at radius 3 is 2.33 bits per heavy atom. The summed E-state index contributed by atoms with van der Waals surface area (Å²) in [5, 5.41) is 2.56. The first-order valence-corrected chi connectivity index (χ1v) is 11.5. The number of carbonyl (C=O) groups excluding carboxylic acids is 1. The van der Waals surface area contributed by atoms with E-state index in [0.717, 1.165) is 11.1 Å². The Morgan fingerprint density at radius 1 is 0.944 bits per heavy atom. The molecule has 0 aliphatic carbocycles. The molecule has 7 heteroatoms. The molecule has 5 nitrogen and oxygen atoms in total. The number of anilines is 1. The van der Waals surface area contributed by atoms with Crippen molar-refractivity contribution in [1.82, 2.24) is 0 Å². The van der Waals surface area contributed by atoms with Gasteiger partial charge in [0.05, 0.1) is 5.69 Å². The highest BCUT2D eigenvalue weighted by molar-refractivity contribution is 6.03. The quantitative estimate of drug-likeness (QED) is 0.266. The highest BCUT2D eigenvalue weighted by atomic mass is 19.3. The van der Waals surface area contributed by atoms with Crippen LogP contribution < -0.4 is 14.8 Å². The van der Waals surface area contributed by atoms with Crippen LogP contribution in [0.1, 0.15) is 46.9 Å². The molecule has 0 spiro atoms. The van der Waals surface area contributed by atoms with E-state index in [0.29, 0.717) is 11.5 Å². The Morgan fingerprint density at radius 2 is 1.64 bits per heavy atom. The number of hydrogen-bond donors (Lipinski definition) is 1. The summed E-state index contributed by atoms with van der Waals surface area (Å²) in [7, 11) is 0. The molecule has 4 aromatic rings. The number of halogens is 2. The van der Waals surface area contributed by atoms with E-state index in [9.17, 15) is 13.6 Å². The van der Waals surface area contributed by atoms with Crippen LogP contribution in [0.25, 0.3) is 0 Å². The third kappa shape index (κ3) is 5.92. The van der Waals surface area contributed by atoms with Gasteiger partial charge in [0.15, 0.2) is 5.76 Å². The minimum absolute atomic E-state index is 0.0260. The third-order valence-electron chi connectivity index (χ3n) is 5.94. The Balaban J connectivity index is 1.38. The molecule has 0 fully saturated rings. The van der Waals surface area contributed by atoms with Gasteiger partial charge in [0.2, 0.25) is 0 Å². The summed E-state index contributed by atoms with van der Waals surface area (Å²) in [4.78, 5) is 12.6. The summed E-state index contributed by atoms with van der Waals surface area (Å²) in [6, 6.07) is 25.8. The first kappa shape index (κ1) is 25.0. The summed E-state index contributed by atoms with van der Waals surface area (Å²) in [6.07, 6.45) is 0. The molecule has 0 bridgehead atoms. The van der Waals surface area contributed by atoms with Crippen molar-refractivity contribution in [3.63, 3.8) is 0 Å². The fraction of sp³-hybridized carbons (Fsp3) is 0.207. The van der Waals surface area contributed by atoms with Crippen molar-refractivity contribution >= 4 is 11.6 Å². The largest absolute Gasteiger partial charge is 0.486 e. The number of hydrogen-bond acceptors (Lipinski definition) is 4. The fourth-order valence-electron chi connectivity index (χ4n) is 3.85. The zero-order valence-electron chi connectivity index (χ0n) is 20.3. The lowest BCUT2D eigenvalue weighted by molar-refractivity contribution is -0.0493. The topological polar surface area (TPSA) is 60.7 Å². The van der Waals surface area contributed by atoms with Crippen LogP contribution >= 0.6 is 0 Å². The van der Waals surface area contributed by atoms with Gasteiger partial charge in [0.25, 0.3) is 5.91 Å². The molecule has 3 aromatic carbocycles. The molecule has 0 atom stereocenters. The fourth-order valence-corrected chi connectivity index (χ4v) is 3.85. The van der Waals surface area contributed by atoms with Crippen LogP contribution in [-0.2, 0) is 12.0 Å². The summed E-state index contributed by atoms with van der Waals surface area (Å²) in [5.74, 6) is 0.426. The normalized spacial score (nSPS) is 11.4. The minimum Gasteiger partial charge on any atom is -0.486 e. The summed E-state index contributed by atoms with van der Waals surface area (Å²) >= 11 is 0. The predicted molar refractivity (Wildman–Crippen MR) is 134 cm³/mol. The van der Waals surface area contributed by atoms with Crippen molar-refractivity contribution in [3.05, 3.63) is 113 Å². The average Bonchev–Trinajstić information content (AvgIpc) is 3.34. The number of rotatable bonds is 9. The smallest absolute Gasteiger partial charge is 0.387 e. The summed E-state index contributed by atoms with van der Waals surface area (Å²) < 4.78 is 41.3. The van der Waals surface area contributed by atoms with E-state index in [4.69, 9.17) is 9.15 Å². The number of nitrogens with one attached hydrogen (secondary N) is 1. The summed E-state index contributed by atoms with van der Waals surface area (Å²) in [6.45, 7) is 3.24. The van der Waals surface area contributed by atoms with Crippen molar-refractivity contribution in [3.8, 4) is 11.5 Å². The first-order chi connectivity index (χ1) is 17.2. The van der Waals surface area contributed by atoms with Gasteiger partial charge in [-0.15, -0.1) is 0 Å². The second-order valence-electron chi connectivity index (χ2n) is 8.90. The summed E-state index contributed by atoms with van der Waals surface area (Å²) in [5.41, 5.74) is 3.13. The van der Waals surface area contributed by atoms with Crippen molar-refractivity contribution in [2.75, 3.05) is 5.32 Å². The highest BCUT2D eigenvalue weighted by Crippen LogP contribution is 2.32. The van der Waals surface area contributed by atoms with Crippen molar-refractivity contribution in [2.45, 2.75) is 39.4 Å². The van der Waals surface area contributed by atoms with Crippen molar-refractivity contribution in [2.24, 2.45) is 0 Å². The SMILES string of the molecule is Cc1ccc(OC(F)F)c(NC(=O)c2ccc(COc3ccc(C(C)(C)c4ccccc4)cc3)o2)c1. The van der Waals surface area contributed by atoms with Gasteiger partial charge in [-0.1, -0.05) is 62.4 Å². The average molecular weight is 492 g/mol. The molecular weight excluding hydrogens is 464 g/mol. The number of benzene rings is 3. The minimum atomic E-state index is -3.01. The van der Waals surface area contributed by atoms with E-state index in [2.05, 4.69) is 36.0 Å². The van der Waals surface area contributed by atoms with Gasteiger partial charge >= 0.3 is 6.61 Å². The number of ether oxygens (including phenoxy) is 2. The molecule has 0 unspecified atom stereocenters. The van der Waals surface area contributed by atoms with E-state index in [1.807, 2.05) is 42.5 Å². The molecule has 1 heterocycles. The Bertz CT molecular complexity index is 1310. The molecule has 0 saturated carbocycles. The molecule has 1 N–H and O–H groups in total. The molecule has 0 saturated heterocycles. The van der Waals surface area contributed by atoms with E-state index in [1.165, 1.54) is 17.7 Å². The molecule has 1 aromatic heterocycles. The molecule has 0 radical (unpaired) electrons. The first-order valence-electron chi connectivity index (χ1n) is 11.5. The second-order valence-corrected chi connectivity index (χ2v) is 8.90. The second kappa shape index (κ2) is 10.6. The molecule has 0 aliphatic rings. The van der Waals surface area contributed by atoms with Crippen LogP contribution in [-0.4, -0.2) is 12.5 Å². The molecule has 186 valence electrons. The monoisotopic (exact) mass is 491 g/mol. The Labute approximate surface area is 208 Å². The van der Waals surface area contributed by atoms with E-state index < -0.39 is 12.5 Å². The zero-order chi connectivity index (χ0) is 25.7. The number of amides is 1. The zero-order valence-corrected chi connectivity index (χ0v) is 20.3. The van der Waals surface area contributed by atoms with Crippen LogP contribution in [0.5, 0.6) is 11.5 Å². The van der Waals surface area contributed by atoms with E-state index in [-0.39, 0.29) is 29.2 Å². The lowest BCUT2D eigenvalue weighted by Gasteiger charge is -2.26. The van der Waals surface area contributed by atoms with Crippen molar-refractivity contribution < 1.29 is 27.5 Å². The van der Waals surface area contributed by atoms with Crippen LogP contribution in [0, 0.1) is 6.92 Å². The van der Waals surface area contributed by atoms with Crippen LogP contribution in [0.4, 0.5) is 14.5 Å². The predicted octanol–water partition coefficient (Wildman–Crippen LogP) is 7.35. The molecule has 1 amide bonds. The number of carbonyl (C=O) groups is 1. The molecule has 36 heavy (non-hydrogen) atoms. The van der Waals surface area contributed by atoms with Crippen LogP contribution in [0.3, 0.4) is 0 Å². The van der Waals surface area contributed by atoms with Gasteiger partial charge in [0, 0.05) is 5.41 Å². The maximum Gasteiger partial charge on any atom is 0.387 e. The van der Waals surface area contributed by atoms with Gasteiger partial charge in [0.1, 0.15) is 23.9 Å². The highest BCUT2D eigenvalue weighted by Gasteiger charge is 2.22. The van der Waals surface area contributed by atoms with Gasteiger partial charge in [-0.25, -0.2) is 0 Å². The lowest BCUT2D eigenvalue weighted by atomic mass is 9.78. The maximum absolute atomic E-state index is 12.7. The van der Waals surface area contributed by atoms with Crippen LogP contribution in [0.15, 0.2) is 89.3 Å². The van der Waals surface area contributed by atoms with Gasteiger partial charge < -0.3 is 19.2 Å². The van der Waals surface area contributed by atoms with Crippen molar-refractivity contribution in [1.29, 1.82) is 0 Å². The number of furan rings is 1. The Kier molecular flexibility index (Phi) is 7.38. The van der Waals surface area contributed by atoms with Gasteiger partial charge in [-0.05, 0) is 60.0 Å². The Hall–Kier alpha value is -4.13. The van der Waals surface area contributed by atoms with Crippen LogP contribution in [0.2, 0.25) is 0 Å². The van der Waals surface area contributed by atoms with E-state index in [1.54, 1.807) is 25.1 Å². The molecule has 4 rings (SSSR count). The van der Waals surface area contributed by atoms with Gasteiger partial charge in [-0.2, -0.15) is 8.78 Å². The molecule has 0 aliphatic heterocycles. The standard InChI is InChI=1S/C29H27F2NO4/c1-19-9-15-25(36-28(30)31)24(17-19)32-27(33)26-16-14-23(35-26)18-34-22-12-10-21(11-13-22)29(2,3)20-7-5-4-6-8-20/h4-17,28H,18H2,1-3H3,(H,32,33). The maximum atomic E-state index is 12.7. The van der Waals surface area contributed by atoms with Gasteiger partial charge in [-0.3, -0.25) is 4.79 Å². The number of aryl methyl sites for hydroxylation is 1.